The number of hydrogen-bond donors (Lipinski definition) is 0. The zero-order valence-electron chi connectivity index (χ0n) is 13.5. The van der Waals surface area contributed by atoms with E-state index >= 15 is 0 Å². The Labute approximate surface area is 200 Å². The second-order valence-electron chi connectivity index (χ2n) is 4.98. The maximum absolute atomic E-state index is 11.2. The van der Waals surface area contributed by atoms with Crippen molar-refractivity contribution in [1.82, 2.24) is 0 Å². The summed E-state index contributed by atoms with van der Waals surface area (Å²) in [7, 11) is 0. The molecule has 0 aromatic heterocycles. The number of nitrogens with one attached hydrogen (secondary N) is 1. The van der Waals surface area contributed by atoms with E-state index in [0.717, 1.165) is 19.3 Å². The molecule has 1 aliphatic rings. The molecule has 0 amide bonds. The first-order valence-electron chi connectivity index (χ1n) is 7.29. The zero-order chi connectivity index (χ0) is 13.8. The summed E-state index contributed by atoms with van der Waals surface area (Å²) < 4.78 is 0. The summed E-state index contributed by atoms with van der Waals surface area (Å²) >= 11 is 0. The smallest absolute Gasteiger partial charge is 0.668 e. The van der Waals surface area contributed by atoms with Gasteiger partial charge in [0.05, 0.1) is 0 Å². The Morgan fingerprint density at radius 2 is 1.80 bits per heavy atom. The summed E-state index contributed by atoms with van der Waals surface area (Å²) in [6.07, 6.45) is 11.6. The van der Waals surface area contributed by atoms with E-state index in [0.29, 0.717) is 12.3 Å². The second-order valence-corrected chi connectivity index (χ2v) is 4.98. The van der Waals surface area contributed by atoms with Crippen LogP contribution in [0, 0.1) is 26.2 Å². The van der Waals surface area contributed by atoms with Gasteiger partial charge < -0.3 is 30.8 Å². The molecule has 0 heterocycles. The van der Waals surface area contributed by atoms with Gasteiger partial charge in [0.2, 0.25) is 0 Å². The molecule has 1 unspecified atom stereocenters. The SMILES string of the molecule is CCC(=O)C([NH-])CC1CC[CH-]CC1.[CH2-]CCC[CH2-].[Rb+].[Y+3]. The largest absolute Gasteiger partial charge is 3.00 e. The average Bonchev–Trinajstić information content (AvgIpc) is 2.40. The molecule has 1 N–H and O–H groups in total. The van der Waals surface area contributed by atoms with Crippen LogP contribution in [0.4, 0.5) is 0 Å². The molecular weight excluding hydrogens is 397 g/mol. The fourth-order valence-electron chi connectivity index (χ4n) is 2.12. The number of rotatable bonds is 6. The van der Waals surface area contributed by atoms with Crippen LogP contribution in [0.2, 0.25) is 0 Å². The molecule has 1 rings (SSSR count). The second kappa shape index (κ2) is 19.6. The number of hydrogen-bond acceptors (Lipinski definition) is 1. The van der Waals surface area contributed by atoms with Crippen LogP contribution in [-0.2, 0) is 37.5 Å². The number of ketones is 1. The monoisotopic (exact) mass is 425 g/mol. The van der Waals surface area contributed by atoms with E-state index in [9.17, 15) is 4.79 Å². The van der Waals surface area contributed by atoms with Gasteiger partial charge in [0, 0.05) is 6.42 Å². The average molecular weight is 426 g/mol. The first-order chi connectivity index (χ1) is 8.65. The van der Waals surface area contributed by atoms with E-state index in [-0.39, 0.29) is 96.7 Å². The molecule has 0 spiro atoms. The van der Waals surface area contributed by atoms with Crippen LogP contribution in [0.1, 0.15) is 64.7 Å². The molecule has 1 aliphatic carbocycles. The predicted octanol–water partition coefficient (Wildman–Crippen LogP) is 2.00. The van der Waals surface area contributed by atoms with E-state index in [1.807, 2.05) is 6.92 Å². The van der Waals surface area contributed by atoms with E-state index in [1.165, 1.54) is 32.1 Å². The topological polar surface area (TPSA) is 40.9 Å². The summed E-state index contributed by atoms with van der Waals surface area (Å²) in [6.45, 7) is 9.12. The predicted molar refractivity (Wildman–Crippen MR) is 78.8 cm³/mol. The van der Waals surface area contributed by atoms with Crippen molar-refractivity contribution in [1.29, 1.82) is 0 Å². The molecule has 4 heteroatoms. The van der Waals surface area contributed by atoms with Crippen molar-refractivity contribution in [3.63, 3.8) is 0 Å². The molecule has 20 heavy (non-hydrogen) atoms. The van der Waals surface area contributed by atoms with Crippen molar-refractivity contribution in [3.05, 3.63) is 26.0 Å². The van der Waals surface area contributed by atoms with E-state index < -0.39 is 6.04 Å². The molecule has 1 atom stereocenters. The van der Waals surface area contributed by atoms with Crippen molar-refractivity contribution in [3.8, 4) is 0 Å². The van der Waals surface area contributed by atoms with Crippen molar-refractivity contribution >= 4 is 5.78 Å². The van der Waals surface area contributed by atoms with Crippen LogP contribution in [-0.4, -0.2) is 11.8 Å². The summed E-state index contributed by atoms with van der Waals surface area (Å²) in [5.41, 5.74) is 7.65. The molecule has 0 aliphatic heterocycles. The van der Waals surface area contributed by atoms with Crippen molar-refractivity contribution in [2.24, 2.45) is 5.92 Å². The molecule has 108 valence electrons. The maximum atomic E-state index is 11.2. The van der Waals surface area contributed by atoms with Gasteiger partial charge in [-0.3, -0.25) is 0 Å². The van der Waals surface area contributed by atoms with Crippen molar-refractivity contribution in [2.75, 3.05) is 0 Å². The van der Waals surface area contributed by atoms with Gasteiger partial charge in [-0.2, -0.15) is 25.7 Å². The quantitative estimate of drug-likeness (QED) is 0.600. The molecule has 0 bridgehead atoms. The minimum absolute atomic E-state index is 0. The van der Waals surface area contributed by atoms with Crippen LogP contribution in [0.25, 0.3) is 5.73 Å². The first kappa shape index (κ1) is 27.4. The minimum Gasteiger partial charge on any atom is -0.668 e. The fraction of sp³-hybridized carbons (Fsp3) is 0.750. The summed E-state index contributed by atoms with van der Waals surface area (Å²) in [5, 5.41) is 0. The number of carbonyl (C=O) groups excluding carboxylic acids is 1. The Morgan fingerprint density at radius 3 is 2.15 bits per heavy atom. The Kier molecular flexibility index (Phi) is 26.8. The van der Waals surface area contributed by atoms with Gasteiger partial charge in [-0.25, -0.2) is 0 Å². The zero-order valence-corrected chi connectivity index (χ0v) is 21.3. The van der Waals surface area contributed by atoms with Gasteiger partial charge in [-0.1, -0.05) is 32.2 Å². The first-order valence-corrected chi connectivity index (χ1v) is 7.29. The summed E-state index contributed by atoms with van der Waals surface area (Å²) in [5.74, 6) is 0.734. The van der Waals surface area contributed by atoms with Gasteiger partial charge in [-0.15, -0.1) is 6.42 Å². The third-order valence-electron chi connectivity index (χ3n) is 3.36. The molecule has 1 saturated carbocycles. The molecule has 0 aromatic rings. The summed E-state index contributed by atoms with van der Waals surface area (Å²) in [6, 6.07) is -0.451. The Hall–Kier alpha value is 2.54. The number of carbonyl (C=O) groups is 1. The van der Waals surface area contributed by atoms with Crippen LogP contribution in [0.5, 0.6) is 0 Å². The Balaban J connectivity index is -0.000000361. The third kappa shape index (κ3) is 15.4. The molecular formula is C16H29NORbY. The molecule has 0 aromatic carbocycles. The van der Waals surface area contributed by atoms with Gasteiger partial charge in [0.1, 0.15) is 5.78 Å². The van der Waals surface area contributed by atoms with E-state index in [1.54, 1.807) is 0 Å². The maximum Gasteiger partial charge on any atom is 3.00 e. The van der Waals surface area contributed by atoms with Crippen LogP contribution in [0.15, 0.2) is 0 Å². The standard InChI is InChI=1S/C11H19NO.C5H10.Rb.Y/c1-2-11(13)10(12)8-9-6-4-3-5-7-9;1-3-5-4-2;;/h3,9-10,12H,2,4-8H2,1H3;1-5H2;;/q2*-2;+1;+3. The normalized spacial score (nSPS) is 16.0. The Morgan fingerprint density at radius 1 is 1.30 bits per heavy atom. The fourth-order valence-corrected chi connectivity index (χ4v) is 2.12. The van der Waals surface area contributed by atoms with Gasteiger partial charge >= 0.3 is 90.9 Å². The molecule has 1 fully saturated rings. The van der Waals surface area contributed by atoms with Crippen LogP contribution >= 0.6 is 0 Å². The van der Waals surface area contributed by atoms with Gasteiger partial charge in [0.25, 0.3) is 0 Å². The van der Waals surface area contributed by atoms with Crippen LogP contribution in [0.3, 0.4) is 0 Å². The van der Waals surface area contributed by atoms with E-state index in [4.69, 9.17) is 5.73 Å². The Bertz CT molecular complexity index is 207. The van der Waals surface area contributed by atoms with Crippen molar-refractivity contribution in [2.45, 2.75) is 70.8 Å². The molecule has 0 radical (unpaired) electrons. The minimum atomic E-state index is -0.451. The number of unbranched alkanes of at least 4 members (excludes halogenated alkanes) is 2. The van der Waals surface area contributed by atoms with E-state index in [2.05, 4.69) is 20.3 Å². The molecule has 0 saturated heterocycles. The van der Waals surface area contributed by atoms with Crippen LogP contribution < -0.4 is 58.2 Å². The van der Waals surface area contributed by atoms with Crippen molar-refractivity contribution < 1.29 is 95.7 Å². The molecule has 2 nitrogen and oxygen atoms in total. The van der Waals surface area contributed by atoms with Gasteiger partial charge in [-0.05, 0) is 5.92 Å². The third-order valence-corrected chi connectivity index (χ3v) is 3.36. The summed E-state index contributed by atoms with van der Waals surface area (Å²) in [4.78, 5) is 11.2. The number of Topliss-reactive ketones (excluding diaryl/α,β-unsaturated/α-hetero) is 1. The van der Waals surface area contributed by atoms with Gasteiger partial charge in [0.15, 0.2) is 0 Å².